The lowest BCUT2D eigenvalue weighted by Crippen LogP contribution is -2.25. The number of aromatic nitrogens is 2. The van der Waals surface area contributed by atoms with E-state index in [0.29, 0.717) is 9.48 Å². The lowest BCUT2D eigenvalue weighted by molar-refractivity contribution is 0.0788. The maximum Gasteiger partial charge on any atom is 0.264 e. The number of thiophene rings is 1. The Balaban J connectivity index is 1.81. The number of nitrogens with zero attached hydrogens (tertiary/aromatic N) is 2. The van der Waals surface area contributed by atoms with Crippen LogP contribution in [0, 0.1) is 11.6 Å². The molecule has 22 heavy (non-hydrogen) atoms. The van der Waals surface area contributed by atoms with Crippen molar-refractivity contribution in [2.75, 3.05) is 7.05 Å². The Hall–Kier alpha value is -1.80. The number of carbonyl (C=O) groups is 1. The summed E-state index contributed by atoms with van der Waals surface area (Å²) in [7, 11) is 1.57. The first-order chi connectivity index (χ1) is 10.5. The second kappa shape index (κ2) is 5.77. The van der Waals surface area contributed by atoms with Gasteiger partial charge in [-0.15, -0.1) is 11.3 Å². The van der Waals surface area contributed by atoms with Gasteiger partial charge in [0.05, 0.1) is 4.88 Å². The fourth-order valence-electron chi connectivity index (χ4n) is 2.05. The van der Waals surface area contributed by atoms with Crippen LogP contribution in [0.5, 0.6) is 0 Å². The maximum atomic E-state index is 13.7. The van der Waals surface area contributed by atoms with Crippen molar-refractivity contribution in [2.24, 2.45) is 0 Å². The average molecular weight is 386 g/mol. The first kappa shape index (κ1) is 15.1. The molecule has 1 aromatic carbocycles. The SMILES string of the molecule is CN(Cc1ccc(F)cc1F)C(=O)c1cc2c(Br)[nH]nc2s1. The highest BCUT2D eigenvalue weighted by atomic mass is 79.9. The normalized spacial score (nSPS) is 11.1. The Morgan fingerprint density at radius 1 is 1.41 bits per heavy atom. The average Bonchev–Trinajstić information content (AvgIpc) is 3.03. The van der Waals surface area contributed by atoms with E-state index in [1.807, 2.05) is 0 Å². The Morgan fingerprint density at radius 3 is 2.86 bits per heavy atom. The molecule has 3 rings (SSSR count). The fourth-order valence-corrected chi connectivity index (χ4v) is 3.57. The van der Waals surface area contributed by atoms with E-state index in [4.69, 9.17) is 0 Å². The minimum Gasteiger partial charge on any atom is -0.337 e. The summed E-state index contributed by atoms with van der Waals surface area (Å²) in [6.07, 6.45) is 0. The van der Waals surface area contributed by atoms with Crippen LogP contribution in [0.15, 0.2) is 28.9 Å². The van der Waals surface area contributed by atoms with Crippen molar-refractivity contribution in [2.45, 2.75) is 6.54 Å². The summed E-state index contributed by atoms with van der Waals surface area (Å²) in [5.41, 5.74) is 0.264. The number of hydrogen-bond donors (Lipinski definition) is 1. The summed E-state index contributed by atoms with van der Waals surface area (Å²) in [5.74, 6) is -1.54. The van der Waals surface area contributed by atoms with Crippen molar-refractivity contribution >= 4 is 43.4 Å². The molecule has 0 saturated heterocycles. The smallest absolute Gasteiger partial charge is 0.264 e. The van der Waals surface area contributed by atoms with E-state index in [-0.39, 0.29) is 18.0 Å². The van der Waals surface area contributed by atoms with Crippen LogP contribution in [0.1, 0.15) is 15.2 Å². The zero-order chi connectivity index (χ0) is 15.9. The van der Waals surface area contributed by atoms with E-state index in [1.54, 1.807) is 13.1 Å². The molecule has 114 valence electrons. The third kappa shape index (κ3) is 2.76. The molecule has 0 aliphatic heterocycles. The van der Waals surface area contributed by atoms with Gasteiger partial charge in [-0.25, -0.2) is 8.78 Å². The summed E-state index contributed by atoms with van der Waals surface area (Å²) in [4.78, 5) is 15.0. The van der Waals surface area contributed by atoms with Crippen molar-refractivity contribution < 1.29 is 13.6 Å². The molecule has 0 radical (unpaired) electrons. The molecular formula is C14H10BrF2N3OS. The molecule has 2 aromatic heterocycles. The van der Waals surface area contributed by atoms with Crippen LogP contribution in [0.3, 0.4) is 0 Å². The Bertz CT molecular complexity index is 861. The van der Waals surface area contributed by atoms with Crippen molar-refractivity contribution in [1.29, 1.82) is 0 Å². The first-order valence-corrected chi connectivity index (χ1v) is 7.89. The summed E-state index contributed by atoms with van der Waals surface area (Å²) < 4.78 is 27.3. The highest BCUT2D eigenvalue weighted by Crippen LogP contribution is 2.30. The zero-order valence-electron chi connectivity index (χ0n) is 11.4. The van der Waals surface area contributed by atoms with Crippen LogP contribution in [-0.4, -0.2) is 28.1 Å². The Labute approximate surface area is 136 Å². The van der Waals surface area contributed by atoms with Gasteiger partial charge in [0.15, 0.2) is 0 Å². The predicted molar refractivity (Wildman–Crippen MR) is 83.8 cm³/mol. The van der Waals surface area contributed by atoms with Gasteiger partial charge in [0.25, 0.3) is 5.91 Å². The van der Waals surface area contributed by atoms with Crippen molar-refractivity contribution in [3.63, 3.8) is 0 Å². The van der Waals surface area contributed by atoms with Gasteiger partial charge < -0.3 is 4.90 Å². The number of H-pyrrole nitrogens is 1. The van der Waals surface area contributed by atoms with Crippen molar-refractivity contribution in [1.82, 2.24) is 15.1 Å². The van der Waals surface area contributed by atoms with Crippen LogP contribution in [0.4, 0.5) is 8.78 Å². The molecule has 2 heterocycles. The molecule has 0 atom stereocenters. The maximum absolute atomic E-state index is 13.7. The Kier molecular flexibility index (Phi) is 3.96. The highest BCUT2D eigenvalue weighted by Gasteiger charge is 2.18. The fraction of sp³-hybridized carbons (Fsp3) is 0.143. The van der Waals surface area contributed by atoms with Gasteiger partial charge in [0.1, 0.15) is 21.1 Å². The molecule has 0 spiro atoms. The number of halogens is 3. The lowest BCUT2D eigenvalue weighted by Gasteiger charge is -2.16. The third-order valence-electron chi connectivity index (χ3n) is 3.18. The number of amides is 1. The van der Waals surface area contributed by atoms with Gasteiger partial charge in [-0.2, -0.15) is 5.10 Å². The monoisotopic (exact) mass is 385 g/mol. The number of rotatable bonds is 3. The van der Waals surface area contributed by atoms with E-state index in [2.05, 4.69) is 26.1 Å². The summed E-state index contributed by atoms with van der Waals surface area (Å²) >= 11 is 4.57. The van der Waals surface area contributed by atoms with Gasteiger partial charge in [-0.3, -0.25) is 9.89 Å². The molecule has 0 aliphatic rings. The molecule has 0 aliphatic carbocycles. The molecule has 1 amide bonds. The predicted octanol–water partition coefficient (Wildman–Crippen LogP) is 3.94. The molecule has 4 nitrogen and oxygen atoms in total. The second-order valence-corrected chi connectivity index (χ2v) is 6.59. The molecular weight excluding hydrogens is 376 g/mol. The quantitative estimate of drug-likeness (QED) is 0.742. The van der Waals surface area contributed by atoms with Crippen LogP contribution >= 0.6 is 27.3 Å². The number of carbonyl (C=O) groups excluding carboxylic acids is 1. The molecule has 1 N–H and O–H groups in total. The third-order valence-corrected chi connectivity index (χ3v) is 4.81. The minimum absolute atomic E-state index is 0.0633. The second-order valence-electron chi connectivity index (χ2n) is 4.76. The Morgan fingerprint density at radius 2 is 2.18 bits per heavy atom. The number of benzene rings is 1. The number of fused-ring (bicyclic) bond motifs is 1. The summed E-state index contributed by atoms with van der Waals surface area (Å²) in [5, 5.41) is 7.66. The molecule has 3 aromatic rings. The van der Waals surface area contributed by atoms with Crippen LogP contribution < -0.4 is 0 Å². The van der Waals surface area contributed by atoms with Gasteiger partial charge in [0.2, 0.25) is 0 Å². The van der Waals surface area contributed by atoms with Crippen molar-refractivity contribution in [3.8, 4) is 0 Å². The van der Waals surface area contributed by atoms with E-state index < -0.39 is 11.6 Å². The van der Waals surface area contributed by atoms with Crippen LogP contribution in [-0.2, 0) is 6.54 Å². The van der Waals surface area contributed by atoms with E-state index in [9.17, 15) is 13.6 Å². The number of nitrogens with one attached hydrogen (secondary N) is 1. The number of aromatic amines is 1. The molecule has 0 saturated carbocycles. The standard InChI is InChI=1S/C14H10BrF2N3OS/c1-20(6-7-2-3-8(16)4-10(7)17)14(21)11-5-9-12(15)18-19-13(9)22-11/h2-5H,6H2,1H3,(H,18,19). The van der Waals surface area contributed by atoms with Crippen molar-refractivity contribution in [3.05, 3.63) is 50.9 Å². The van der Waals surface area contributed by atoms with Gasteiger partial charge in [-0.05, 0) is 28.1 Å². The minimum atomic E-state index is -0.663. The first-order valence-electron chi connectivity index (χ1n) is 6.28. The van der Waals surface area contributed by atoms with E-state index in [0.717, 1.165) is 16.3 Å². The van der Waals surface area contributed by atoms with Gasteiger partial charge in [-0.1, -0.05) is 6.07 Å². The molecule has 0 bridgehead atoms. The van der Waals surface area contributed by atoms with E-state index in [1.165, 1.54) is 28.4 Å². The largest absolute Gasteiger partial charge is 0.337 e. The van der Waals surface area contributed by atoms with Gasteiger partial charge >= 0.3 is 0 Å². The molecule has 0 unspecified atom stereocenters. The highest BCUT2D eigenvalue weighted by molar-refractivity contribution is 9.10. The lowest BCUT2D eigenvalue weighted by atomic mass is 10.2. The van der Waals surface area contributed by atoms with Crippen LogP contribution in [0.25, 0.3) is 10.2 Å². The zero-order valence-corrected chi connectivity index (χ0v) is 13.8. The van der Waals surface area contributed by atoms with E-state index >= 15 is 0 Å². The molecule has 8 heteroatoms. The van der Waals surface area contributed by atoms with Crippen LogP contribution in [0.2, 0.25) is 0 Å². The summed E-state index contributed by atoms with van der Waals surface area (Å²) in [6, 6.07) is 5.05. The summed E-state index contributed by atoms with van der Waals surface area (Å²) in [6.45, 7) is 0.0633. The topological polar surface area (TPSA) is 49.0 Å². The molecule has 0 fully saturated rings. The number of hydrogen-bond acceptors (Lipinski definition) is 3. The van der Waals surface area contributed by atoms with Gasteiger partial charge in [0, 0.05) is 30.6 Å².